The van der Waals surface area contributed by atoms with Gasteiger partial charge in [-0.2, -0.15) is 4.70 Å². The normalized spacial score (nSPS) is 28.9. The number of fused-ring (bicyclic) bond motifs is 1. The summed E-state index contributed by atoms with van der Waals surface area (Å²) in [6.45, 7) is 3.28. The molecule has 3 heteroatoms. The van der Waals surface area contributed by atoms with Gasteiger partial charge in [0.25, 0.3) is 0 Å². The largest absolute Gasteiger partial charge is 0.203 e. The molecule has 1 saturated heterocycles. The Labute approximate surface area is 73.2 Å². The smallest absolute Gasteiger partial charge is 0.154 e. The predicted molar refractivity (Wildman–Crippen MR) is 47.5 cm³/mol. The first-order valence-corrected chi connectivity index (χ1v) is 4.96. The molecule has 0 bridgehead atoms. The van der Waals surface area contributed by atoms with Crippen LogP contribution < -0.4 is 0 Å². The number of hydrogen-bond donors (Lipinski definition) is 0. The van der Waals surface area contributed by atoms with Crippen LogP contribution in [0.4, 0.5) is 0 Å². The Bertz CT molecular complexity index is 230. The summed E-state index contributed by atoms with van der Waals surface area (Å²) >= 11 is 0. The Hall–Kier alpha value is -0.730. The summed E-state index contributed by atoms with van der Waals surface area (Å²) in [6, 6.07) is 0.553. The van der Waals surface area contributed by atoms with E-state index in [2.05, 4.69) is 21.9 Å². The molecule has 3 nitrogen and oxygen atoms in total. The van der Waals surface area contributed by atoms with Gasteiger partial charge < -0.3 is 0 Å². The molecule has 0 spiro atoms. The second kappa shape index (κ2) is 3.33. The average Bonchev–Trinajstić information content (AvgIpc) is 2.33. The second-order valence-corrected chi connectivity index (χ2v) is 3.56. The summed E-state index contributed by atoms with van der Waals surface area (Å²) in [7, 11) is 0. The molecule has 2 heterocycles. The van der Waals surface area contributed by atoms with Crippen molar-refractivity contribution in [1.82, 2.24) is 0 Å². The third kappa shape index (κ3) is 1.28. The van der Waals surface area contributed by atoms with Crippen LogP contribution in [0.2, 0.25) is 0 Å². The molecule has 0 radical (unpaired) electrons. The van der Waals surface area contributed by atoms with E-state index in [1.807, 2.05) is 0 Å². The van der Waals surface area contributed by atoms with Crippen LogP contribution in [0.25, 0.3) is 0 Å². The van der Waals surface area contributed by atoms with Crippen molar-refractivity contribution in [1.29, 1.82) is 0 Å². The first-order chi connectivity index (χ1) is 5.92. The number of hydrogen-bond acceptors (Lipinski definition) is 2. The number of nitrogens with zero attached hydrogens (tertiary/aromatic N) is 3. The maximum atomic E-state index is 4.21. The van der Waals surface area contributed by atoms with Crippen LogP contribution in [-0.4, -0.2) is 23.0 Å². The van der Waals surface area contributed by atoms with Gasteiger partial charge in [0.1, 0.15) is 11.8 Å². The fourth-order valence-electron chi connectivity index (χ4n) is 2.03. The molecule has 0 amide bonds. The van der Waals surface area contributed by atoms with Gasteiger partial charge in [-0.05, 0) is 25.7 Å². The van der Waals surface area contributed by atoms with E-state index in [1.54, 1.807) is 0 Å². The van der Waals surface area contributed by atoms with Crippen molar-refractivity contribution >= 4 is 5.71 Å². The maximum absolute atomic E-state index is 4.21. The van der Waals surface area contributed by atoms with Crippen LogP contribution >= 0.6 is 0 Å². The van der Waals surface area contributed by atoms with E-state index in [4.69, 9.17) is 0 Å². The molecule has 0 aromatic heterocycles. The molecule has 2 rings (SSSR count). The molecular formula is C9H16N3+. The van der Waals surface area contributed by atoms with Crippen molar-refractivity contribution in [2.75, 3.05) is 6.54 Å². The van der Waals surface area contributed by atoms with Crippen LogP contribution in [0.3, 0.4) is 0 Å². The van der Waals surface area contributed by atoms with Crippen molar-refractivity contribution in [3.8, 4) is 0 Å². The van der Waals surface area contributed by atoms with Crippen molar-refractivity contribution in [2.24, 2.45) is 10.3 Å². The molecule has 12 heavy (non-hydrogen) atoms. The van der Waals surface area contributed by atoms with Crippen LogP contribution in [0.15, 0.2) is 10.3 Å². The van der Waals surface area contributed by atoms with Gasteiger partial charge in [0.15, 0.2) is 6.04 Å². The van der Waals surface area contributed by atoms with Crippen LogP contribution in [-0.2, 0) is 0 Å². The zero-order valence-electron chi connectivity index (χ0n) is 7.66. The van der Waals surface area contributed by atoms with Crippen molar-refractivity contribution < 1.29 is 4.70 Å². The van der Waals surface area contributed by atoms with Crippen LogP contribution in [0, 0.1) is 0 Å². The molecule has 2 aliphatic rings. The summed E-state index contributed by atoms with van der Waals surface area (Å²) in [5.74, 6) is 0. The molecule has 0 N–H and O–H groups in total. The van der Waals surface area contributed by atoms with Crippen molar-refractivity contribution in [3.63, 3.8) is 0 Å². The summed E-state index contributed by atoms with van der Waals surface area (Å²) in [4.78, 5) is 0. The minimum atomic E-state index is 0.553. The van der Waals surface area contributed by atoms with Crippen LogP contribution in [0.5, 0.6) is 0 Å². The first-order valence-electron chi connectivity index (χ1n) is 4.96. The van der Waals surface area contributed by atoms with E-state index < -0.39 is 0 Å². The fourth-order valence-corrected chi connectivity index (χ4v) is 2.03. The standard InChI is InChI=1S/C9H16N3/c1-2-8-9-6-4-3-5-7-12(9)11-10-8/h9H,2-7H2,1H3/q+1. The minimum absolute atomic E-state index is 0.553. The van der Waals surface area contributed by atoms with E-state index in [0.29, 0.717) is 6.04 Å². The molecule has 66 valence electrons. The molecule has 0 aromatic carbocycles. The van der Waals surface area contributed by atoms with Gasteiger partial charge in [-0.25, -0.2) is 0 Å². The molecule has 1 fully saturated rings. The highest BCUT2D eigenvalue weighted by Crippen LogP contribution is 2.19. The highest BCUT2D eigenvalue weighted by Gasteiger charge is 2.33. The first kappa shape index (κ1) is 7.90. The lowest BCUT2D eigenvalue weighted by atomic mass is 10.0. The van der Waals surface area contributed by atoms with E-state index in [9.17, 15) is 0 Å². The van der Waals surface area contributed by atoms with E-state index in [0.717, 1.165) is 13.0 Å². The topological polar surface area (TPSA) is 27.7 Å². The van der Waals surface area contributed by atoms with E-state index in [1.165, 1.54) is 31.4 Å². The molecule has 0 saturated carbocycles. The molecule has 2 aliphatic heterocycles. The SMILES string of the molecule is CCC1=NN=[N+]2CCCCCC12. The predicted octanol–water partition coefficient (Wildman–Crippen LogP) is 2.17. The molecule has 1 atom stereocenters. The Kier molecular flexibility index (Phi) is 2.19. The highest BCUT2D eigenvalue weighted by atomic mass is 15.5. The number of rotatable bonds is 1. The molecule has 0 aliphatic carbocycles. The van der Waals surface area contributed by atoms with Gasteiger partial charge in [0, 0.05) is 6.42 Å². The van der Waals surface area contributed by atoms with Crippen molar-refractivity contribution in [2.45, 2.75) is 45.1 Å². The Balaban J connectivity index is 2.11. The zero-order valence-corrected chi connectivity index (χ0v) is 7.66. The lowest BCUT2D eigenvalue weighted by Crippen LogP contribution is -2.28. The minimum Gasteiger partial charge on any atom is -0.154 e. The summed E-state index contributed by atoms with van der Waals surface area (Å²) in [5, 5.41) is 8.40. The third-order valence-electron chi connectivity index (χ3n) is 2.76. The zero-order chi connectivity index (χ0) is 8.39. The Morgan fingerprint density at radius 3 is 3.17 bits per heavy atom. The summed E-state index contributed by atoms with van der Waals surface area (Å²) < 4.78 is 2.17. The second-order valence-electron chi connectivity index (χ2n) is 3.56. The van der Waals surface area contributed by atoms with Gasteiger partial charge in [-0.1, -0.05) is 6.92 Å². The molecule has 0 aromatic rings. The maximum Gasteiger partial charge on any atom is 0.203 e. The Morgan fingerprint density at radius 1 is 1.42 bits per heavy atom. The molecule has 1 unspecified atom stereocenters. The monoisotopic (exact) mass is 166 g/mol. The fraction of sp³-hybridized carbons (Fsp3) is 0.889. The van der Waals surface area contributed by atoms with Gasteiger partial charge >= 0.3 is 0 Å². The quantitative estimate of drug-likeness (QED) is 0.534. The van der Waals surface area contributed by atoms with E-state index >= 15 is 0 Å². The third-order valence-corrected chi connectivity index (χ3v) is 2.76. The lowest BCUT2D eigenvalue weighted by Gasteiger charge is -2.05. The van der Waals surface area contributed by atoms with Crippen molar-refractivity contribution in [3.05, 3.63) is 0 Å². The van der Waals surface area contributed by atoms with Gasteiger partial charge in [0.05, 0.1) is 5.10 Å². The lowest BCUT2D eigenvalue weighted by molar-refractivity contribution is -0.606. The Morgan fingerprint density at radius 2 is 2.33 bits per heavy atom. The van der Waals surface area contributed by atoms with Gasteiger partial charge in [-0.15, -0.1) is 0 Å². The van der Waals surface area contributed by atoms with Crippen LogP contribution in [0.1, 0.15) is 39.0 Å². The highest BCUT2D eigenvalue weighted by molar-refractivity contribution is 5.88. The summed E-state index contributed by atoms with van der Waals surface area (Å²) in [5.41, 5.74) is 1.29. The average molecular weight is 166 g/mol. The summed E-state index contributed by atoms with van der Waals surface area (Å²) in [6.07, 6.45) is 6.31. The van der Waals surface area contributed by atoms with Gasteiger partial charge in [-0.3, -0.25) is 0 Å². The van der Waals surface area contributed by atoms with Gasteiger partial charge in [0.2, 0.25) is 5.71 Å². The molecular weight excluding hydrogens is 150 g/mol. The van der Waals surface area contributed by atoms with E-state index in [-0.39, 0.29) is 0 Å².